The van der Waals surface area contributed by atoms with Gasteiger partial charge in [-0.25, -0.2) is 9.97 Å². The molecule has 0 radical (unpaired) electrons. The van der Waals surface area contributed by atoms with E-state index < -0.39 is 0 Å². The third-order valence-corrected chi connectivity index (χ3v) is 6.22. The second kappa shape index (κ2) is 10.1. The van der Waals surface area contributed by atoms with Crippen LogP contribution in [0.25, 0.3) is 11.3 Å². The number of benzene rings is 2. The molecular formula is C25H29ClN4O. The predicted octanol–water partition coefficient (Wildman–Crippen LogP) is 5.53. The second-order valence-corrected chi connectivity index (χ2v) is 8.65. The topological polar surface area (TPSA) is 61.3 Å². The van der Waals surface area contributed by atoms with E-state index in [1.165, 1.54) is 31.4 Å². The molecule has 1 saturated heterocycles. The number of aromatic nitrogens is 2. The second-order valence-electron chi connectivity index (χ2n) is 8.24. The van der Waals surface area contributed by atoms with Gasteiger partial charge in [0.05, 0.1) is 10.7 Å². The van der Waals surface area contributed by atoms with Crippen LogP contribution in [0.1, 0.15) is 37.3 Å². The van der Waals surface area contributed by atoms with Crippen LogP contribution >= 0.6 is 11.6 Å². The van der Waals surface area contributed by atoms with Gasteiger partial charge in [0.1, 0.15) is 5.75 Å². The normalized spacial score (nSPS) is 16.9. The van der Waals surface area contributed by atoms with E-state index in [0.29, 0.717) is 23.6 Å². The minimum atomic E-state index is 0.103. The number of rotatable bonds is 7. The Bertz CT molecular complexity index is 1030. The van der Waals surface area contributed by atoms with Crippen molar-refractivity contribution in [2.45, 2.75) is 45.2 Å². The van der Waals surface area contributed by atoms with Gasteiger partial charge >= 0.3 is 0 Å². The predicted molar refractivity (Wildman–Crippen MR) is 127 cm³/mol. The number of halogens is 1. The number of aromatic hydroxyl groups is 1. The summed E-state index contributed by atoms with van der Waals surface area (Å²) in [6.07, 6.45) is 6.48. The van der Waals surface area contributed by atoms with E-state index in [1.54, 1.807) is 18.3 Å². The van der Waals surface area contributed by atoms with Crippen LogP contribution in [0.3, 0.4) is 0 Å². The molecule has 2 aromatic carbocycles. The fourth-order valence-corrected chi connectivity index (χ4v) is 4.29. The molecular weight excluding hydrogens is 408 g/mol. The van der Waals surface area contributed by atoms with Gasteiger partial charge in [-0.05, 0) is 68.1 Å². The van der Waals surface area contributed by atoms with Gasteiger partial charge in [-0.1, -0.05) is 42.3 Å². The number of hydrogen-bond acceptors (Lipinski definition) is 5. The molecule has 0 spiro atoms. The molecule has 31 heavy (non-hydrogen) atoms. The molecule has 1 aliphatic rings. The SMILES string of the molecule is C[C@H]1CCCCN1Cc1cccc(-c2ccnc(NCCc3ccc(O)c(Cl)c3)n2)c1. The standard InChI is InChI=1S/C25H29ClN4O/c1-18-5-2-3-14-30(18)17-20-6-4-7-21(15-20)23-11-13-28-25(29-23)27-12-10-19-8-9-24(31)22(26)16-19/h4,6-9,11,13,15-16,18,31H,2-3,5,10,12,14,17H2,1H3,(H,27,28,29)/t18-/m0/s1. The fourth-order valence-electron chi connectivity index (χ4n) is 4.09. The van der Waals surface area contributed by atoms with E-state index in [9.17, 15) is 5.11 Å². The number of anilines is 1. The number of likely N-dealkylation sites (tertiary alicyclic amines) is 1. The summed E-state index contributed by atoms with van der Waals surface area (Å²) in [6.45, 7) is 5.18. The van der Waals surface area contributed by atoms with Crippen molar-refractivity contribution in [1.82, 2.24) is 14.9 Å². The molecule has 162 valence electrons. The zero-order valence-corrected chi connectivity index (χ0v) is 18.6. The highest BCUT2D eigenvalue weighted by Gasteiger charge is 2.18. The maximum absolute atomic E-state index is 9.54. The molecule has 0 bridgehead atoms. The first-order valence-corrected chi connectivity index (χ1v) is 11.3. The Morgan fingerprint density at radius 2 is 2.03 bits per heavy atom. The van der Waals surface area contributed by atoms with Crippen molar-refractivity contribution in [3.05, 3.63) is 70.9 Å². The van der Waals surface area contributed by atoms with E-state index in [1.807, 2.05) is 12.1 Å². The maximum Gasteiger partial charge on any atom is 0.223 e. The molecule has 1 aromatic heterocycles. The van der Waals surface area contributed by atoms with Gasteiger partial charge in [-0.15, -0.1) is 0 Å². The minimum Gasteiger partial charge on any atom is -0.506 e. The summed E-state index contributed by atoms with van der Waals surface area (Å²) >= 11 is 5.98. The Labute approximate surface area is 189 Å². The summed E-state index contributed by atoms with van der Waals surface area (Å²) in [5, 5.41) is 13.2. The molecule has 2 N–H and O–H groups in total. The van der Waals surface area contributed by atoms with Gasteiger partial charge in [0, 0.05) is 30.9 Å². The van der Waals surface area contributed by atoms with Crippen LogP contribution in [0.4, 0.5) is 5.95 Å². The van der Waals surface area contributed by atoms with Crippen molar-refractivity contribution in [3.8, 4) is 17.0 Å². The van der Waals surface area contributed by atoms with Crippen molar-refractivity contribution in [2.24, 2.45) is 0 Å². The van der Waals surface area contributed by atoms with Gasteiger partial charge < -0.3 is 10.4 Å². The Balaban J connectivity index is 1.40. The highest BCUT2D eigenvalue weighted by Crippen LogP contribution is 2.25. The van der Waals surface area contributed by atoms with Crippen LogP contribution in [0.2, 0.25) is 5.02 Å². The molecule has 0 unspecified atom stereocenters. The first-order valence-electron chi connectivity index (χ1n) is 11.0. The zero-order chi connectivity index (χ0) is 21.6. The number of hydrogen-bond donors (Lipinski definition) is 2. The third-order valence-electron chi connectivity index (χ3n) is 5.91. The molecule has 0 amide bonds. The number of phenolic OH excluding ortho intramolecular Hbond substituents is 1. The number of phenols is 1. The Morgan fingerprint density at radius 1 is 1.13 bits per heavy atom. The lowest BCUT2D eigenvalue weighted by Gasteiger charge is -2.33. The van der Waals surface area contributed by atoms with Crippen molar-refractivity contribution in [1.29, 1.82) is 0 Å². The number of nitrogens with zero attached hydrogens (tertiary/aromatic N) is 3. The molecule has 4 rings (SSSR count). The molecule has 1 atom stereocenters. The molecule has 0 saturated carbocycles. The highest BCUT2D eigenvalue weighted by atomic mass is 35.5. The van der Waals surface area contributed by atoms with Crippen molar-refractivity contribution in [2.75, 3.05) is 18.4 Å². The average molecular weight is 437 g/mol. The first-order chi connectivity index (χ1) is 15.1. The van der Waals surface area contributed by atoms with E-state index in [-0.39, 0.29) is 5.75 Å². The van der Waals surface area contributed by atoms with Crippen LogP contribution in [-0.4, -0.2) is 39.1 Å². The summed E-state index contributed by atoms with van der Waals surface area (Å²) in [4.78, 5) is 11.6. The highest BCUT2D eigenvalue weighted by molar-refractivity contribution is 6.32. The molecule has 0 aliphatic carbocycles. The summed E-state index contributed by atoms with van der Waals surface area (Å²) in [7, 11) is 0. The molecule has 2 heterocycles. The zero-order valence-electron chi connectivity index (χ0n) is 17.9. The monoisotopic (exact) mass is 436 g/mol. The van der Waals surface area contributed by atoms with Crippen molar-refractivity contribution in [3.63, 3.8) is 0 Å². The molecule has 1 aliphatic heterocycles. The Kier molecular flexibility index (Phi) is 7.05. The quantitative estimate of drug-likeness (QED) is 0.509. The van der Waals surface area contributed by atoms with Crippen molar-refractivity contribution < 1.29 is 5.11 Å². The lowest BCUT2D eigenvalue weighted by atomic mass is 10.0. The van der Waals surface area contributed by atoms with Gasteiger partial charge in [-0.2, -0.15) is 0 Å². The largest absolute Gasteiger partial charge is 0.506 e. The molecule has 5 nitrogen and oxygen atoms in total. The molecule has 6 heteroatoms. The Morgan fingerprint density at radius 3 is 2.87 bits per heavy atom. The smallest absolute Gasteiger partial charge is 0.223 e. The lowest BCUT2D eigenvalue weighted by Crippen LogP contribution is -2.36. The number of nitrogens with one attached hydrogen (secondary N) is 1. The van der Waals surface area contributed by atoms with Crippen LogP contribution in [0.15, 0.2) is 54.7 Å². The van der Waals surface area contributed by atoms with E-state index in [4.69, 9.17) is 16.6 Å². The molecule has 1 fully saturated rings. The number of piperidine rings is 1. The van der Waals surface area contributed by atoms with Gasteiger partial charge in [0.15, 0.2) is 0 Å². The van der Waals surface area contributed by atoms with Crippen LogP contribution in [0.5, 0.6) is 5.75 Å². The van der Waals surface area contributed by atoms with E-state index in [2.05, 4.69) is 46.4 Å². The summed E-state index contributed by atoms with van der Waals surface area (Å²) in [6, 6.07) is 16.5. The Hall–Kier alpha value is -2.63. The maximum atomic E-state index is 9.54. The van der Waals surface area contributed by atoms with Crippen LogP contribution in [-0.2, 0) is 13.0 Å². The van der Waals surface area contributed by atoms with Gasteiger partial charge in [0.2, 0.25) is 5.95 Å². The molecule has 3 aromatic rings. The summed E-state index contributed by atoms with van der Waals surface area (Å²) < 4.78 is 0. The minimum absolute atomic E-state index is 0.103. The van der Waals surface area contributed by atoms with E-state index in [0.717, 1.165) is 29.8 Å². The van der Waals surface area contributed by atoms with Gasteiger partial charge in [-0.3, -0.25) is 4.90 Å². The van der Waals surface area contributed by atoms with Crippen LogP contribution < -0.4 is 5.32 Å². The lowest BCUT2D eigenvalue weighted by molar-refractivity contribution is 0.152. The van der Waals surface area contributed by atoms with Crippen LogP contribution in [0, 0.1) is 0 Å². The average Bonchev–Trinajstić information content (AvgIpc) is 2.78. The van der Waals surface area contributed by atoms with Gasteiger partial charge in [0.25, 0.3) is 0 Å². The van der Waals surface area contributed by atoms with Crippen molar-refractivity contribution >= 4 is 17.5 Å². The summed E-state index contributed by atoms with van der Waals surface area (Å²) in [5.41, 5.74) is 4.39. The van der Waals surface area contributed by atoms with E-state index >= 15 is 0 Å². The third kappa shape index (κ3) is 5.75. The fraction of sp³-hybridized carbons (Fsp3) is 0.360. The first kappa shape index (κ1) is 21.6. The summed E-state index contributed by atoms with van der Waals surface area (Å²) in [5.74, 6) is 0.712.